The summed E-state index contributed by atoms with van der Waals surface area (Å²) in [5.41, 5.74) is 9.70. The lowest BCUT2D eigenvalue weighted by atomic mass is 9.83. The normalized spacial score (nSPS) is 15.0. The van der Waals surface area contributed by atoms with Crippen molar-refractivity contribution in [1.29, 1.82) is 5.26 Å². The highest BCUT2D eigenvalue weighted by Crippen LogP contribution is 2.45. The van der Waals surface area contributed by atoms with Gasteiger partial charge in [-0.2, -0.15) is 5.26 Å². The third-order valence-corrected chi connectivity index (χ3v) is 4.98. The van der Waals surface area contributed by atoms with Crippen molar-refractivity contribution in [3.05, 3.63) is 76.7 Å². The summed E-state index contributed by atoms with van der Waals surface area (Å²) in [7, 11) is 2.92. The van der Waals surface area contributed by atoms with Crippen LogP contribution in [0.4, 0.5) is 0 Å². The molecule has 2 aromatic carbocycles. The smallest absolute Gasteiger partial charge is 0.337 e. The lowest BCUT2D eigenvalue weighted by Gasteiger charge is -2.24. The maximum Gasteiger partial charge on any atom is 0.337 e. The predicted molar refractivity (Wildman–Crippen MR) is 108 cm³/mol. The molecule has 0 saturated heterocycles. The van der Waals surface area contributed by atoms with Crippen LogP contribution in [0.25, 0.3) is 11.3 Å². The van der Waals surface area contributed by atoms with Crippen molar-refractivity contribution < 1.29 is 19.0 Å². The Balaban J connectivity index is 1.85. The van der Waals surface area contributed by atoms with Crippen LogP contribution in [-0.4, -0.2) is 30.4 Å². The van der Waals surface area contributed by atoms with Gasteiger partial charge in [-0.3, -0.25) is 5.10 Å². The number of H-pyrrole nitrogens is 1. The molecule has 2 heterocycles. The lowest BCUT2D eigenvalue weighted by molar-refractivity contribution is 0.0600. The van der Waals surface area contributed by atoms with Crippen LogP contribution < -0.4 is 15.2 Å². The molecule has 1 aromatic heterocycles. The van der Waals surface area contributed by atoms with E-state index < -0.39 is 11.9 Å². The third kappa shape index (κ3) is 3.12. The van der Waals surface area contributed by atoms with E-state index >= 15 is 0 Å². The topological polar surface area (TPSA) is 123 Å². The van der Waals surface area contributed by atoms with E-state index in [0.29, 0.717) is 22.7 Å². The molecule has 150 valence electrons. The fourth-order valence-corrected chi connectivity index (χ4v) is 3.49. The first-order chi connectivity index (χ1) is 14.6. The highest BCUT2D eigenvalue weighted by molar-refractivity contribution is 5.89. The van der Waals surface area contributed by atoms with Crippen molar-refractivity contribution in [2.75, 3.05) is 14.2 Å². The maximum atomic E-state index is 11.8. The summed E-state index contributed by atoms with van der Waals surface area (Å²) in [6.07, 6.45) is 0. The number of nitrogens with zero attached hydrogens (tertiary/aromatic N) is 2. The molecule has 0 spiro atoms. The van der Waals surface area contributed by atoms with Crippen LogP contribution in [-0.2, 0) is 4.74 Å². The van der Waals surface area contributed by atoms with Gasteiger partial charge < -0.3 is 19.9 Å². The SMILES string of the molecule is COC(=O)c1ccc(C2C(C#N)=C(N)Oc3n[nH]c(-c4ccc(OC)cc4)c32)cc1. The fraction of sp³-hybridized carbons (Fsp3) is 0.136. The summed E-state index contributed by atoms with van der Waals surface area (Å²) in [5.74, 6) is 0.0766. The van der Waals surface area contributed by atoms with E-state index in [1.54, 1.807) is 31.4 Å². The van der Waals surface area contributed by atoms with Gasteiger partial charge in [0.1, 0.15) is 17.4 Å². The van der Waals surface area contributed by atoms with Gasteiger partial charge in [-0.15, -0.1) is 5.10 Å². The Morgan fingerprint density at radius 3 is 2.47 bits per heavy atom. The molecule has 30 heavy (non-hydrogen) atoms. The van der Waals surface area contributed by atoms with Gasteiger partial charge >= 0.3 is 5.97 Å². The highest BCUT2D eigenvalue weighted by Gasteiger charge is 2.35. The maximum absolute atomic E-state index is 11.8. The summed E-state index contributed by atoms with van der Waals surface area (Å²) in [4.78, 5) is 11.8. The van der Waals surface area contributed by atoms with Gasteiger partial charge in [-0.1, -0.05) is 12.1 Å². The summed E-state index contributed by atoms with van der Waals surface area (Å²) in [6, 6.07) is 16.4. The zero-order valence-electron chi connectivity index (χ0n) is 16.3. The minimum absolute atomic E-state index is 0.000162. The Kier molecular flexibility index (Phi) is 4.86. The van der Waals surface area contributed by atoms with E-state index in [-0.39, 0.29) is 11.5 Å². The summed E-state index contributed by atoms with van der Waals surface area (Å²) >= 11 is 0. The molecule has 0 aliphatic carbocycles. The molecule has 4 rings (SSSR count). The predicted octanol–water partition coefficient (Wildman–Crippen LogP) is 3.09. The molecule has 1 atom stereocenters. The fourth-order valence-electron chi connectivity index (χ4n) is 3.49. The van der Waals surface area contributed by atoms with Crippen LogP contribution >= 0.6 is 0 Å². The molecule has 8 nitrogen and oxygen atoms in total. The number of aromatic amines is 1. The molecule has 0 radical (unpaired) electrons. The highest BCUT2D eigenvalue weighted by atomic mass is 16.5. The minimum atomic E-state index is -0.513. The first-order valence-electron chi connectivity index (χ1n) is 9.06. The van der Waals surface area contributed by atoms with Crippen LogP contribution in [0.3, 0.4) is 0 Å². The van der Waals surface area contributed by atoms with E-state index in [2.05, 4.69) is 16.3 Å². The van der Waals surface area contributed by atoms with Crippen LogP contribution in [0.2, 0.25) is 0 Å². The number of hydrogen-bond acceptors (Lipinski definition) is 7. The van der Waals surface area contributed by atoms with Gasteiger partial charge in [-0.25, -0.2) is 4.79 Å². The van der Waals surface area contributed by atoms with Gasteiger partial charge in [0.15, 0.2) is 0 Å². The van der Waals surface area contributed by atoms with E-state index in [1.807, 2.05) is 24.3 Å². The van der Waals surface area contributed by atoms with Gasteiger partial charge in [0, 0.05) is 5.56 Å². The van der Waals surface area contributed by atoms with E-state index in [9.17, 15) is 10.1 Å². The summed E-state index contributed by atoms with van der Waals surface area (Å²) in [6.45, 7) is 0. The number of nitrogens with one attached hydrogen (secondary N) is 1. The second kappa shape index (κ2) is 7.64. The van der Waals surface area contributed by atoms with Gasteiger partial charge in [0.05, 0.1) is 37.0 Å². The number of benzene rings is 2. The molecular formula is C22H18N4O4. The van der Waals surface area contributed by atoms with Crippen molar-refractivity contribution in [3.63, 3.8) is 0 Å². The first-order valence-corrected chi connectivity index (χ1v) is 9.06. The van der Waals surface area contributed by atoms with Gasteiger partial charge in [-0.05, 0) is 42.0 Å². The van der Waals surface area contributed by atoms with Gasteiger partial charge in [0.25, 0.3) is 0 Å². The molecule has 0 bridgehead atoms. The van der Waals surface area contributed by atoms with Crippen molar-refractivity contribution in [2.24, 2.45) is 5.73 Å². The van der Waals surface area contributed by atoms with Crippen LogP contribution in [0.1, 0.15) is 27.4 Å². The van der Waals surface area contributed by atoms with Crippen LogP contribution in [0.5, 0.6) is 11.6 Å². The number of hydrogen-bond donors (Lipinski definition) is 2. The zero-order chi connectivity index (χ0) is 21.3. The second-order valence-corrected chi connectivity index (χ2v) is 6.58. The number of carbonyl (C=O) groups excluding carboxylic acids is 1. The van der Waals surface area contributed by atoms with E-state index in [0.717, 1.165) is 16.9 Å². The molecular weight excluding hydrogens is 384 g/mol. The number of carbonyl (C=O) groups is 1. The van der Waals surface area contributed by atoms with E-state index in [4.69, 9.17) is 19.9 Å². The Bertz CT molecular complexity index is 1170. The largest absolute Gasteiger partial charge is 0.497 e. The van der Waals surface area contributed by atoms with Crippen molar-refractivity contribution in [1.82, 2.24) is 10.2 Å². The number of fused-ring (bicyclic) bond motifs is 1. The molecule has 1 unspecified atom stereocenters. The standard InChI is InChI=1S/C22H18N4O4/c1-28-15-9-7-13(8-10-15)19-18-17(12-3-5-14(6-4-12)22(27)29-2)16(11-23)20(24)30-21(18)26-25-19/h3-10,17H,24H2,1-2H3,(H,25,26). The molecule has 8 heteroatoms. The Labute approximate surface area is 172 Å². The van der Waals surface area contributed by atoms with Crippen molar-refractivity contribution in [3.8, 4) is 29.0 Å². The Morgan fingerprint density at radius 1 is 1.17 bits per heavy atom. The molecule has 3 N–H and O–H groups in total. The molecule has 0 fully saturated rings. The third-order valence-electron chi connectivity index (χ3n) is 4.98. The molecule has 0 amide bonds. The van der Waals surface area contributed by atoms with Crippen LogP contribution in [0.15, 0.2) is 60.0 Å². The summed E-state index contributed by atoms with van der Waals surface area (Å²) in [5, 5.41) is 17.0. The molecule has 3 aromatic rings. The Hall–Kier alpha value is -4.25. The first kappa shape index (κ1) is 19.1. The zero-order valence-corrected chi connectivity index (χ0v) is 16.3. The number of ether oxygens (including phenoxy) is 3. The van der Waals surface area contributed by atoms with Crippen LogP contribution in [0, 0.1) is 11.3 Å². The second-order valence-electron chi connectivity index (χ2n) is 6.58. The monoisotopic (exact) mass is 402 g/mol. The number of aromatic nitrogens is 2. The number of methoxy groups -OCH3 is 2. The minimum Gasteiger partial charge on any atom is -0.497 e. The molecule has 0 saturated carbocycles. The quantitative estimate of drug-likeness (QED) is 0.643. The number of allylic oxidation sites excluding steroid dienone is 1. The number of nitrogens with two attached hydrogens (primary N) is 1. The molecule has 1 aliphatic heterocycles. The average molecular weight is 402 g/mol. The average Bonchev–Trinajstić information content (AvgIpc) is 3.21. The van der Waals surface area contributed by atoms with Crippen molar-refractivity contribution >= 4 is 5.97 Å². The number of nitriles is 1. The lowest BCUT2D eigenvalue weighted by Crippen LogP contribution is -2.21. The number of esters is 1. The van der Waals surface area contributed by atoms with Gasteiger partial charge in [0.2, 0.25) is 11.8 Å². The summed E-state index contributed by atoms with van der Waals surface area (Å²) < 4.78 is 15.6. The number of rotatable bonds is 4. The molecule has 1 aliphatic rings. The van der Waals surface area contributed by atoms with Crippen molar-refractivity contribution in [2.45, 2.75) is 5.92 Å². The Morgan fingerprint density at radius 2 is 1.87 bits per heavy atom. The van der Waals surface area contributed by atoms with E-state index in [1.165, 1.54) is 7.11 Å².